The molecule has 0 radical (unpaired) electrons. The van der Waals surface area contributed by atoms with Gasteiger partial charge in [0.1, 0.15) is 6.54 Å². The molecular weight excluding hydrogens is 268 g/mol. The number of hydrogen-bond acceptors (Lipinski definition) is 3. The van der Waals surface area contributed by atoms with Crippen molar-refractivity contribution in [1.29, 1.82) is 0 Å². The van der Waals surface area contributed by atoms with Gasteiger partial charge in [0.25, 0.3) is 0 Å². The van der Waals surface area contributed by atoms with Gasteiger partial charge in [-0.05, 0) is 18.2 Å². The number of anilines is 1. The molecule has 0 aromatic heterocycles. The summed E-state index contributed by atoms with van der Waals surface area (Å²) in [5.41, 5.74) is 0.189. The lowest BCUT2D eigenvalue weighted by molar-refractivity contribution is -0.135. The van der Waals surface area contributed by atoms with E-state index in [0.29, 0.717) is 5.02 Å². The Kier molecular flexibility index (Phi) is 4.33. The summed E-state index contributed by atoms with van der Waals surface area (Å²) in [6, 6.07) is 5.94. The van der Waals surface area contributed by atoms with Crippen LogP contribution in [0.4, 0.5) is 5.69 Å². The Morgan fingerprint density at radius 1 is 1.53 bits per heavy atom. The summed E-state index contributed by atoms with van der Waals surface area (Å²) in [5, 5.41) is 9.03. The molecule has 0 heterocycles. The van der Waals surface area contributed by atoms with Crippen LogP contribution in [-0.4, -0.2) is 33.1 Å². The summed E-state index contributed by atoms with van der Waals surface area (Å²) >= 11 is 5.73. The van der Waals surface area contributed by atoms with Crippen molar-refractivity contribution in [2.75, 3.05) is 17.9 Å². The van der Waals surface area contributed by atoms with Crippen molar-refractivity contribution in [2.45, 2.75) is 0 Å². The lowest BCUT2D eigenvalue weighted by Crippen LogP contribution is -2.42. The van der Waals surface area contributed by atoms with E-state index in [2.05, 4.69) is 4.72 Å². The van der Waals surface area contributed by atoms with Crippen molar-refractivity contribution >= 4 is 33.5 Å². The highest BCUT2D eigenvalue weighted by Gasteiger charge is 2.23. The molecule has 0 saturated carbocycles. The van der Waals surface area contributed by atoms with Gasteiger partial charge in [-0.15, -0.1) is 0 Å². The molecule has 0 spiro atoms. The molecule has 0 aliphatic rings. The minimum absolute atomic E-state index is 0.189. The Balaban J connectivity index is 3.20. The highest BCUT2D eigenvalue weighted by molar-refractivity contribution is 7.90. The van der Waals surface area contributed by atoms with Crippen molar-refractivity contribution in [3.8, 4) is 0 Å². The molecule has 2 N–H and O–H groups in total. The van der Waals surface area contributed by atoms with Crippen LogP contribution in [0.1, 0.15) is 0 Å². The molecule has 0 saturated heterocycles. The predicted octanol–water partition coefficient (Wildman–Crippen LogP) is 0.695. The number of rotatable bonds is 5. The van der Waals surface area contributed by atoms with E-state index in [-0.39, 0.29) is 5.69 Å². The van der Waals surface area contributed by atoms with Gasteiger partial charge in [0.05, 0.1) is 5.69 Å². The van der Waals surface area contributed by atoms with Gasteiger partial charge in [-0.25, -0.2) is 9.03 Å². The van der Waals surface area contributed by atoms with Crippen LogP contribution in [-0.2, 0) is 15.0 Å². The Morgan fingerprint density at radius 2 is 2.18 bits per heavy atom. The Bertz CT molecular complexity index is 517. The van der Waals surface area contributed by atoms with E-state index in [1.165, 1.54) is 25.2 Å². The van der Waals surface area contributed by atoms with Crippen LogP contribution < -0.4 is 9.03 Å². The van der Waals surface area contributed by atoms with Crippen LogP contribution in [0.25, 0.3) is 0 Å². The van der Waals surface area contributed by atoms with Gasteiger partial charge in [-0.3, -0.25) is 4.79 Å². The quantitative estimate of drug-likeness (QED) is 0.830. The first-order chi connectivity index (χ1) is 7.86. The molecule has 0 amide bonds. The van der Waals surface area contributed by atoms with E-state index in [9.17, 15) is 13.2 Å². The molecule has 1 aromatic carbocycles. The number of carbonyl (C=O) groups is 1. The summed E-state index contributed by atoms with van der Waals surface area (Å²) < 4.78 is 26.1. The van der Waals surface area contributed by atoms with E-state index in [1.54, 1.807) is 6.07 Å². The van der Waals surface area contributed by atoms with E-state index in [4.69, 9.17) is 16.7 Å². The Hall–Kier alpha value is -1.31. The Labute approximate surface area is 104 Å². The van der Waals surface area contributed by atoms with Crippen molar-refractivity contribution in [2.24, 2.45) is 0 Å². The average molecular weight is 279 g/mol. The van der Waals surface area contributed by atoms with Gasteiger partial charge in [0.15, 0.2) is 0 Å². The zero-order valence-corrected chi connectivity index (χ0v) is 10.5. The second-order valence-corrected chi connectivity index (χ2v) is 5.33. The number of hydrogen-bond donors (Lipinski definition) is 2. The maximum Gasteiger partial charge on any atom is 0.324 e. The third kappa shape index (κ3) is 3.58. The molecule has 0 aliphatic heterocycles. The normalized spacial score (nSPS) is 11.2. The van der Waals surface area contributed by atoms with Gasteiger partial charge in [0, 0.05) is 12.1 Å². The van der Waals surface area contributed by atoms with E-state index < -0.39 is 22.7 Å². The number of carboxylic acid groups (broad SMARTS) is 1. The first kappa shape index (κ1) is 13.8. The maximum absolute atomic E-state index is 11.7. The van der Waals surface area contributed by atoms with Gasteiger partial charge in [0.2, 0.25) is 0 Å². The molecule has 94 valence electrons. The smallest absolute Gasteiger partial charge is 0.324 e. The molecule has 1 aromatic rings. The van der Waals surface area contributed by atoms with Gasteiger partial charge >= 0.3 is 16.2 Å². The van der Waals surface area contributed by atoms with Crippen LogP contribution in [0, 0.1) is 0 Å². The van der Waals surface area contributed by atoms with Gasteiger partial charge in [-0.2, -0.15) is 8.42 Å². The van der Waals surface area contributed by atoms with Crippen LogP contribution in [0.2, 0.25) is 5.02 Å². The first-order valence-corrected chi connectivity index (χ1v) is 6.37. The minimum atomic E-state index is -3.88. The largest absolute Gasteiger partial charge is 0.480 e. The number of benzene rings is 1. The highest BCUT2D eigenvalue weighted by atomic mass is 35.5. The molecule has 1 rings (SSSR count). The first-order valence-electron chi connectivity index (χ1n) is 4.55. The third-order valence-electron chi connectivity index (χ3n) is 1.92. The number of carboxylic acids is 1. The predicted molar refractivity (Wildman–Crippen MR) is 64.4 cm³/mol. The molecule has 17 heavy (non-hydrogen) atoms. The highest BCUT2D eigenvalue weighted by Crippen LogP contribution is 2.21. The zero-order chi connectivity index (χ0) is 13.1. The van der Waals surface area contributed by atoms with Crippen molar-refractivity contribution in [1.82, 2.24) is 4.72 Å². The van der Waals surface area contributed by atoms with Crippen molar-refractivity contribution in [3.05, 3.63) is 29.3 Å². The lowest BCUT2D eigenvalue weighted by Gasteiger charge is -2.21. The average Bonchev–Trinajstić information content (AvgIpc) is 2.25. The monoisotopic (exact) mass is 278 g/mol. The molecule has 8 heteroatoms. The molecular formula is C9H11ClN2O4S. The van der Waals surface area contributed by atoms with Crippen LogP contribution >= 0.6 is 11.6 Å². The molecule has 0 atom stereocenters. The van der Waals surface area contributed by atoms with E-state index >= 15 is 0 Å². The minimum Gasteiger partial charge on any atom is -0.480 e. The summed E-state index contributed by atoms with van der Waals surface area (Å²) in [6.07, 6.45) is 0. The van der Waals surface area contributed by atoms with E-state index in [1.807, 2.05) is 0 Å². The standard InChI is InChI=1S/C9H11ClN2O4S/c1-11-17(15,16)12(6-9(13)14)8-4-2-3-7(10)5-8/h2-5,11H,6H2,1H3,(H,13,14). The zero-order valence-electron chi connectivity index (χ0n) is 8.92. The second kappa shape index (κ2) is 5.35. The lowest BCUT2D eigenvalue weighted by atomic mass is 10.3. The van der Waals surface area contributed by atoms with Crippen molar-refractivity contribution in [3.63, 3.8) is 0 Å². The maximum atomic E-state index is 11.7. The van der Waals surface area contributed by atoms with Crippen LogP contribution in [0.15, 0.2) is 24.3 Å². The molecule has 6 nitrogen and oxygen atoms in total. The summed E-state index contributed by atoms with van der Waals surface area (Å²) in [4.78, 5) is 10.7. The summed E-state index contributed by atoms with van der Waals surface area (Å²) in [7, 11) is -2.68. The number of nitrogens with one attached hydrogen (secondary N) is 1. The fourth-order valence-electron chi connectivity index (χ4n) is 1.18. The van der Waals surface area contributed by atoms with Gasteiger partial charge in [-0.1, -0.05) is 17.7 Å². The summed E-state index contributed by atoms with van der Waals surface area (Å²) in [5.74, 6) is -1.26. The fraction of sp³-hybridized carbons (Fsp3) is 0.222. The van der Waals surface area contributed by atoms with Crippen LogP contribution in [0.5, 0.6) is 0 Å². The molecule has 0 unspecified atom stereocenters. The van der Waals surface area contributed by atoms with Crippen molar-refractivity contribution < 1.29 is 18.3 Å². The fourth-order valence-corrected chi connectivity index (χ4v) is 2.26. The summed E-state index contributed by atoms with van der Waals surface area (Å²) in [6.45, 7) is -0.677. The second-order valence-electron chi connectivity index (χ2n) is 3.09. The molecule has 0 aliphatic carbocycles. The number of nitrogens with zero attached hydrogens (tertiary/aromatic N) is 1. The SMILES string of the molecule is CNS(=O)(=O)N(CC(=O)O)c1cccc(Cl)c1. The number of aliphatic carboxylic acids is 1. The van der Waals surface area contributed by atoms with Crippen LogP contribution in [0.3, 0.4) is 0 Å². The third-order valence-corrected chi connectivity index (χ3v) is 3.59. The topological polar surface area (TPSA) is 86.7 Å². The number of halogens is 1. The van der Waals surface area contributed by atoms with E-state index in [0.717, 1.165) is 4.31 Å². The molecule has 0 bridgehead atoms. The van der Waals surface area contributed by atoms with Gasteiger partial charge < -0.3 is 5.11 Å². The molecule has 0 fully saturated rings. The Morgan fingerprint density at radius 3 is 2.65 bits per heavy atom.